The molecular formula is C35H28FN4O5+. The Morgan fingerprint density at radius 1 is 1.00 bits per heavy atom. The van der Waals surface area contributed by atoms with E-state index in [9.17, 15) is 19.6 Å². The number of hydrogen-bond acceptors (Lipinski definition) is 7. The molecule has 4 aromatic carbocycles. The lowest BCUT2D eigenvalue weighted by Crippen LogP contribution is -2.36. The average Bonchev–Trinajstić information content (AvgIpc) is 3.06. The average molecular weight is 604 g/mol. The fraction of sp³-hybridized carbons (Fsp3) is 0.114. The summed E-state index contributed by atoms with van der Waals surface area (Å²) in [6, 6.07) is 27.3. The van der Waals surface area contributed by atoms with Gasteiger partial charge in [0.2, 0.25) is 5.88 Å². The Labute approximate surface area is 258 Å². The molecule has 10 heteroatoms. The van der Waals surface area contributed by atoms with E-state index in [1.54, 1.807) is 36.3 Å². The van der Waals surface area contributed by atoms with Crippen LogP contribution in [0, 0.1) is 15.9 Å². The van der Waals surface area contributed by atoms with Crippen molar-refractivity contribution in [3.8, 4) is 28.6 Å². The molecule has 0 amide bonds. The quantitative estimate of drug-likeness (QED) is 0.105. The van der Waals surface area contributed by atoms with Crippen LogP contribution in [-0.2, 0) is 13.0 Å². The van der Waals surface area contributed by atoms with Crippen LogP contribution >= 0.6 is 0 Å². The Morgan fingerprint density at radius 3 is 2.56 bits per heavy atom. The van der Waals surface area contributed by atoms with Crippen molar-refractivity contribution >= 4 is 16.6 Å². The first-order valence-corrected chi connectivity index (χ1v) is 14.1. The van der Waals surface area contributed by atoms with E-state index in [0.29, 0.717) is 28.6 Å². The van der Waals surface area contributed by atoms with E-state index in [4.69, 9.17) is 9.47 Å². The predicted octanol–water partition coefficient (Wildman–Crippen LogP) is 6.76. The number of aromatic nitrogens is 3. The second-order valence-electron chi connectivity index (χ2n) is 10.4. The lowest BCUT2D eigenvalue weighted by Gasteiger charge is -2.17. The molecule has 0 spiro atoms. The third-order valence-electron chi connectivity index (χ3n) is 7.35. The van der Waals surface area contributed by atoms with Gasteiger partial charge in [-0.05, 0) is 60.2 Å². The minimum atomic E-state index is -1.15. The number of rotatable bonds is 10. The van der Waals surface area contributed by atoms with Gasteiger partial charge in [0.1, 0.15) is 29.1 Å². The van der Waals surface area contributed by atoms with Gasteiger partial charge in [-0.25, -0.2) is 14.4 Å². The van der Waals surface area contributed by atoms with E-state index in [0.717, 1.165) is 16.9 Å². The summed E-state index contributed by atoms with van der Waals surface area (Å²) in [5.41, 5.74) is 3.90. The van der Waals surface area contributed by atoms with Gasteiger partial charge in [-0.15, -0.1) is 0 Å². The zero-order valence-electron chi connectivity index (χ0n) is 24.2. The van der Waals surface area contributed by atoms with Crippen LogP contribution in [0.3, 0.4) is 0 Å². The SMILES string of the molecule is COc1ccc(-c2c[n+](CC(O)c3cc(F)ccc3Oc3nc4ccc([N+](=O)[O-])cc4cc3Cc3ccccc3)ccn2)cc1. The monoisotopic (exact) mass is 603 g/mol. The van der Waals surface area contributed by atoms with Crippen LogP contribution in [0.4, 0.5) is 10.1 Å². The number of nitro groups is 1. The number of halogens is 1. The van der Waals surface area contributed by atoms with E-state index in [1.165, 1.54) is 30.3 Å². The molecule has 0 bridgehead atoms. The number of aliphatic hydroxyl groups is 1. The maximum absolute atomic E-state index is 14.5. The first-order chi connectivity index (χ1) is 21.9. The number of nitro benzene ring substituents is 1. The van der Waals surface area contributed by atoms with Crippen molar-refractivity contribution in [3.63, 3.8) is 0 Å². The molecule has 2 heterocycles. The van der Waals surface area contributed by atoms with Gasteiger partial charge in [0.05, 0.1) is 23.7 Å². The maximum atomic E-state index is 14.5. The predicted molar refractivity (Wildman–Crippen MR) is 165 cm³/mol. The molecule has 1 unspecified atom stereocenters. The Morgan fingerprint density at radius 2 is 1.80 bits per heavy atom. The number of hydrogen-bond donors (Lipinski definition) is 1. The van der Waals surface area contributed by atoms with Gasteiger partial charge in [-0.3, -0.25) is 10.1 Å². The number of aliphatic hydroxyl groups excluding tert-OH is 1. The van der Waals surface area contributed by atoms with Gasteiger partial charge in [-0.1, -0.05) is 30.3 Å². The van der Waals surface area contributed by atoms with Crippen molar-refractivity contribution in [1.82, 2.24) is 9.97 Å². The van der Waals surface area contributed by atoms with Gasteiger partial charge in [0.25, 0.3) is 5.69 Å². The lowest BCUT2D eigenvalue weighted by molar-refractivity contribution is -0.704. The van der Waals surface area contributed by atoms with Crippen molar-refractivity contribution < 1.29 is 28.5 Å². The summed E-state index contributed by atoms with van der Waals surface area (Å²) in [6.07, 6.45) is 4.44. The topological polar surface area (TPSA) is 111 Å². The van der Waals surface area contributed by atoms with Gasteiger partial charge >= 0.3 is 0 Å². The van der Waals surface area contributed by atoms with Crippen molar-refractivity contribution in [2.75, 3.05) is 7.11 Å². The molecule has 6 rings (SSSR count). The standard InChI is InChI=1S/C35H28FN4O5/c1-44-29-11-7-24(8-12-29)32-21-39(16-15-37-32)22-33(41)30-20-27(36)9-14-34(30)45-35-26(17-23-5-3-2-4-6-23)18-25-19-28(40(42)43)10-13-31(25)38-35/h2-16,18-21,33,41H,17,22H2,1H3/q+1. The van der Waals surface area contributed by atoms with Crippen molar-refractivity contribution in [1.29, 1.82) is 0 Å². The van der Waals surface area contributed by atoms with Crippen molar-refractivity contribution in [2.24, 2.45) is 0 Å². The zero-order valence-corrected chi connectivity index (χ0v) is 24.2. The molecule has 9 nitrogen and oxygen atoms in total. The van der Waals surface area contributed by atoms with Crippen molar-refractivity contribution in [3.05, 3.63) is 148 Å². The fourth-order valence-electron chi connectivity index (χ4n) is 5.07. The Bertz CT molecular complexity index is 1990. The normalized spacial score (nSPS) is 11.7. The molecule has 0 saturated heterocycles. The highest BCUT2D eigenvalue weighted by atomic mass is 19.1. The van der Waals surface area contributed by atoms with Crippen molar-refractivity contribution in [2.45, 2.75) is 19.1 Å². The Kier molecular flexibility index (Phi) is 8.39. The van der Waals surface area contributed by atoms with Gasteiger partial charge in [0, 0.05) is 40.6 Å². The molecule has 2 aromatic heterocycles. The molecular weight excluding hydrogens is 575 g/mol. The van der Waals surface area contributed by atoms with E-state index in [1.807, 2.05) is 60.7 Å². The highest BCUT2D eigenvalue weighted by Gasteiger charge is 2.22. The Hall–Kier alpha value is -5.74. The number of fused-ring (bicyclic) bond motifs is 1. The van der Waals surface area contributed by atoms with Crippen LogP contribution in [0.1, 0.15) is 22.8 Å². The molecule has 0 radical (unpaired) electrons. The van der Waals surface area contributed by atoms with E-state index >= 15 is 0 Å². The third kappa shape index (κ3) is 6.76. The number of methoxy groups -OCH3 is 1. The molecule has 0 aliphatic carbocycles. The molecule has 224 valence electrons. The number of non-ortho nitro benzene ring substituents is 1. The van der Waals surface area contributed by atoms with E-state index in [-0.39, 0.29) is 29.4 Å². The smallest absolute Gasteiger partial charge is 0.270 e. The lowest BCUT2D eigenvalue weighted by atomic mass is 10.0. The molecule has 0 saturated carbocycles. The van der Waals surface area contributed by atoms with Crippen LogP contribution in [0.25, 0.3) is 22.2 Å². The third-order valence-corrected chi connectivity index (χ3v) is 7.35. The largest absolute Gasteiger partial charge is 0.497 e. The van der Waals surface area contributed by atoms with Crippen LogP contribution < -0.4 is 14.0 Å². The maximum Gasteiger partial charge on any atom is 0.270 e. The van der Waals surface area contributed by atoms with Gasteiger partial charge in [0.15, 0.2) is 18.9 Å². The fourth-order valence-corrected chi connectivity index (χ4v) is 5.07. The van der Waals surface area contributed by atoms with E-state index < -0.39 is 16.8 Å². The summed E-state index contributed by atoms with van der Waals surface area (Å²) < 4.78 is 27.9. The first kappa shape index (κ1) is 29.3. The van der Waals surface area contributed by atoms with Gasteiger partial charge in [-0.2, -0.15) is 4.57 Å². The highest BCUT2D eigenvalue weighted by molar-refractivity contribution is 5.82. The second-order valence-corrected chi connectivity index (χ2v) is 10.4. The Balaban J connectivity index is 1.33. The molecule has 0 aliphatic heterocycles. The summed E-state index contributed by atoms with van der Waals surface area (Å²) >= 11 is 0. The number of nitrogens with zero attached hydrogens (tertiary/aromatic N) is 4. The number of ether oxygens (including phenoxy) is 2. The van der Waals surface area contributed by atoms with Crippen LogP contribution in [0.15, 0.2) is 116 Å². The summed E-state index contributed by atoms with van der Waals surface area (Å²) in [7, 11) is 1.60. The molecule has 45 heavy (non-hydrogen) atoms. The molecule has 1 N–H and O–H groups in total. The minimum absolute atomic E-state index is 0.0451. The molecule has 6 aromatic rings. The number of benzene rings is 4. The molecule has 0 fully saturated rings. The minimum Gasteiger partial charge on any atom is -0.497 e. The summed E-state index contributed by atoms with van der Waals surface area (Å²) in [5.74, 6) is 0.680. The van der Waals surface area contributed by atoms with Crippen LogP contribution in [0.5, 0.6) is 17.4 Å². The van der Waals surface area contributed by atoms with Crippen LogP contribution in [-0.4, -0.2) is 27.1 Å². The van der Waals surface area contributed by atoms with E-state index in [2.05, 4.69) is 9.97 Å². The van der Waals surface area contributed by atoms with Crippen LogP contribution in [0.2, 0.25) is 0 Å². The number of pyridine rings is 1. The molecule has 1 atom stereocenters. The summed E-state index contributed by atoms with van der Waals surface area (Å²) in [5, 5.41) is 23.3. The first-order valence-electron chi connectivity index (χ1n) is 14.1. The summed E-state index contributed by atoms with van der Waals surface area (Å²) in [4.78, 5) is 20.1. The highest BCUT2D eigenvalue weighted by Crippen LogP contribution is 2.34. The summed E-state index contributed by atoms with van der Waals surface area (Å²) in [6.45, 7) is 0.0944. The molecule has 0 aliphatic rings. The van der Waals surface area contributed by atoms with Gasteiger partial charge < -0.3 is 14.6 Å². The zero-order chi connectivity index (χ0) is 31.3. The second kappa shape index (κ2) is 12.9.